The number of hydrogen-bond acceptors (Lipinski definition) is 2. The molecule has 0 heterocycles. The molecular weight excluding hydrogens is 198 g/mol. The number of rotatable bonds is 1. The summed E-state index contributed by atoms with van der Waals surface area (Å²) in [5, 5.41) is 13.2. The monoisotopic (exact) mass is 219 g/mol. The fourth-order valence-electron chi connectivity index (χ4n) is 2.46. The maximum atomic E-state index is 9.58. The van der Waals surface area contributed by atoms with Gasteiger partial charge in [0.25, 0.3) is 0 Å². The van der Waals surface area contributed by atoms with E-state index < -0.39 is 0 Å². The van der Waals surface area contributed by atoms with E-state index >= 15 is 0 Å². The molecule has 0 spiro atoms. The molecule has 1 aliphatic carbocycles. The second-order valence-corrected chi connectivity index (χ2v) is 5.72. The van der Waals surface area contributed by atoms with Gasteiger partial charge in [0.15, 0.2) is 0 Å². The molecule has 0 saturated carbocycles. The van der Waals surface area contributed by atoms with Crippen LogP contribution in [0.5, 0.6) is 5.75 Å². The number of hydrogen-bond donors (Lipinski definition) is 2. The number of fused-ring (bicyclic) bond motifs is 1. The molecule has 2 N–H and O–H groups in total. The van der Waals surface area contributed by atoms with Gasteiger partial charge in [-0.15, -0.1) is 0 Å². The summed E-state index contributed by atoms with van der Waals surface area (Å²) in [4.78, 5) is 0. The van der Waals surface area contributed by atoms with Crippen LogP contribution in [0.25, 0.3) is 0 Å². The third kappa shape index (κ3) is 2.56. The summed E-state index contributed by atoms with van der Waals surface area (Å²) in [5.74, 6) is 0.376. The molecule has 2 nitrogen and oxygen atoms in total. The van der Waals surface area contributed by atoms with Crippen molar-refractivity contribution in [3.63, 3.8) is 0 Å². The number of phenols is 1. The molecule has 0 aliphatic heterocycles. The van der Waals surface area contributed by atoms with Crippen molar-refractivity contribution in [3.8, 4) is 5.75 Å². The van der Waals surface area contributed by atoms with Crippen LogP contribution in [0.3, 0.4) is 0 Å². The molecule has 2 rings (SSSR count). The van der Waals surface area contributed by atoms with Crippen LogP contribution >= 0.6 is 0 Å². The molecule has 1 aliphatic rings. The Balaban J connectivity index is 2.28. The Morgan fingerprint density at radius 2 is 2.06 bits per heavy atom. The van der Waals surface area contributed by atoms with E-state index in [4.69, 9.17) is 0 Å². The molecule has 0 aromatic heterocycles. The third-order valence-corrected chi connectivity index (χ3v) is 3.05. The van der Waals surface area contributed by atoms with Crippen LogP contribution in [0.1, 0.15) is 50.8 Å². The van der Waals surface area contributed by atoms with Crippen molar-refractivity contribution in [1.29, 1.82) is 0 Å². The average Bonchev–Trinajstić information content (AvgIpc) is 2.17. The van der Waals surface area contributed by atoms with Crippen molar-refractivity contribution in [3.05, 3.63) is 29.3 Å². The lowest BCUT2D eigenvalue weighted by Crippen LogP contribution is -2.40. The SMILES string of the molecule is CC(C)(C)NC1CCCc2ccc(O)cc21. The summed E-state index contributed by atoms with van der Waals surface area (Å²) < 4.78 is 0. The Morgan fingerprint density at radius 1 is 1.31 bits per heavy atom. The minimum atomic E-state index is 0.116. The van der Waals surface area contributed by atoms with Crippen molar-refractivity contribution in [2.75, 3.05) is 0 Å². The molecular formula is C14H21NO. The fourth-order valence-corrected chi connectivity index (χ4v) is 2.46. The van der Waals surface area contributed by atoms with Gasteiger partial charge < -0.3 is 10.4 Å². The minimum Gasteiger partial charge on any atom is -0.508 e. The van der Waals surface area contributed by atoms with Crippen LogP contribution in [0.2, 0.25) is 0 Å². The van der Waals surface area contributed by atoms with Gasteiger partial charge in [-0.05, 0) is 63.3 Å². The molecule has 1 atom stereocenters. The van der Waals surface area contributed by atoms with E-state index in [-0.39, 0.29) is 5.54 Å². The number of aromatic hydroxyl groups is 1. The summed E-state index contributed by atoms with van der Waals surface area (Å²) in [6.07, 6.45) is 3.52. The standard InChI is InChI=1S/C14H21NO/c1-14(2,3)15-13-6-4-5-10-7-8-11(16)9-12(10)13/h7-9,13,15-16H,4-6H2,1-3H3. The Morgan fingerprint density at radius 3 is 2.75 bits per heavy atom. The molecule has 1 aromatic rings. The van der Waals surface area contributed by atoms with Gasteiger partial charge >= 0.3 is 0 Å². The van der Waals surface area contributed by atoms with E-state index in [1.807, 2.05) is 6.07 Å². The van der Waals surface area contributed by atoms with Gasteiger partial charge in [-0.1, -0.05) is 6.07 Å². The van der Waals surface area contributed by atoms with E-state index in [0.717, 1.165) is 12.8 Å². The van der Waals surface area contributed by atoms with Gasteiger partial charge in [-0.2, -0.15) is 0 Å². The van der Waals surface area contributed by atoms with E-state index in [1.165, 1.54) is 17.5 Å². The zero-order chi connectivity index (χ0) is 11.8. The first-order valence-corrected chi connectivity index (χ1v) is 6.05. The van der Waals surface area contributed by atoms with Crippen molar-refractivity contribution in [2.24, 2.45) is 0 Å². The highest BCUT2D eigenvalue weighted by Gasteiger charge is 2.24. The van der Waals surface area contributed by atoms with Crippen molar-refractivity contribution >= 4 is 0 Å². The highest BCUT2D eigenvalue weighted by atomic mass is 16.3. The number of aryl methyl sites for hydroxylation is 1. The van der Waals surface area contributed by atoms with E-state index in [0.29, 0.717) is 11.8 Å². The maximum absolute atomic E-state index is 9.58. The molecule has 88 valence electrons. The van der Waals surface area contributed by atoms with Gasteiger partial charge in [-0.3, -0.25) is 0 Å². The largest absolute Gasteiger partial charge is 0.508 e. The van der Waals surface area contributed by atoms with Gasteiger partial charge in [0.05, 0.1) is 0 Å². The highest BCUT2D eigenvalue weighted by Crippen LogP contribution is 2.33. The lowest BCUT2D eigenvalue weighted by atomic mass is 9.86. The number of nitrogens with one attached hydrogen (secondary N) is 1. The quantitative estimate of drug-likeness (QED) is 0.760. The predicted molar refractivity (Wildman–Crippen MR) is 66.7 cm³/mol. The lowest BCUT2D eigenvalue weighted by molar-refractivity contribution is 0.335. The Kier molecular flexibility index (Phi) is 2.94. The Hall–Kier alpha value is -1.02. The third-order valence-electron chi connectivity index (χ3n) is 3.05. The van der Waals surface area contributed by atoms with Crippen molar-refractivity contribution in [2.45, 2.75) is 51.6 Å². The van der Waals surface area contributed by atoms with Crippen LogP contribution in [-0.4, -0.2) is 10.6 Å². The second-order valence-electron chi connectivity index (χ2n) is 5.72. The zero-order valence-corrected chi connectivity index (χ0v) is 10.4. The molecule has 0 saturated heterocycles. The van der Waals surface area contributed by atoms with E-state index in [1.54, 1.807) is 6.07 Å². The molecule has 1 unspecified atom stereocenters. The summed E-state index contributed by atoms with van der Waals surface area (Å²) >= 11 is 0. The first kappa shape index (κ1) is 11.5. The second kappa shape index (κ2) is 4.10. The van der Waals surface area contributed by atoms with Gasteiger partial charge in [-0.25, -0.2) is 0 Å². The molecule has 1 aromatic carbocycles. The molecule has 2 heteroatoms. The van der Waals surface area contributed by atoms with Crippen LogP contribution in [0, 0.1) is 0 Å². The fraction of sp³-hybridized carbons (Fsp3) is 0.571. The lowest BCUT2D eigenvalue weighted by Gasteiger charge is -2.33. The van der Waals surface area contributed by atoms with Crippen LogP contribution < -0.4 is 5.32 Å². The summed E-state index contributed by atoms with van der Waals surface area (Å²) in [6.45, 7) is 6.55. The zero-order valence-electron chi connectivity index (χ0n) is 10.4. The van der Waals surface area contributed by atoms with E-state index in [9.17, 15) is 5.11 Å². The predicted octanol–water partition coefficient (Wildman–Crippen LogP) is 3.16. The van der Waals surface area contributed by atoms with Crippen molar-refractivity contribution in [1.82, 2.24) is 5.32 Å². The van der Waals surface area contributed by atoms with Gasteiger partial charge in [0.2, 0.25) is 0 Å². The molecule has 0 fully saturated rings. The first-order valence-electron chi connectivity index (χ1n) is 6.05. The molecule has 0 bridgehead atoms. The number of benzene rings is 1. The van der Waals surface area contributed by atoms with Crippen LogP contribution in [0.15, 0.2) is 18.2 Å². The topological polar surface area (TPSA) is 32.3 Å². The van der Waals surface area contributed by atoms with Gasteiger partial charge in [0, 0.05) is 11.6 Å². The summed E-state index contributed by atoms with van der Waals surface area (Å²) in [6, 6.07) is 6.15. The van der Waals surface area contributed by atoms with Crippen molar-refractivity contribution < 1.29 is 5.11 Å². The minimum absolute atomic E-state index is 0.116. The smallest absolute Gasteiger partial charge is 0.115 e. The summed E-state index contributed by atoms with van der Waals surface area (Å²) in [7, 11) is 0. The Bertz CT molecular complexity index is 379. The van der Waals surface area contributed by atoms with Crippen LogP contribution in [-0.2, 0) is 6.42 Å². The summed E-state index contributed by atoms with van der Waals surface area (Å²) in [5.41, 5.74) is 2.78. The molecule has 0 radical (unpaired) electrons. The normalized spacial score (nSPS) is 20.6. The van der Waals surface area contributed by atoms with E-state index in [2.05, 4.69) is 32.2 Å². The highest BCUT2D eigenvalue weighted by molar-refractivity contribution is 5.38. The number of phenolic OH excluding ortho intramolecular Hbond substituents is 1. The van der Waals surface area contributed by atoms with Crippen LogP contribution in [0.4, 0.5) is 0 Å². The molecule has 0 amide bonds. The van der Waals surface area contributed by atoms with Gasteiger partial charge in [0.1, 0.15) is 5.75 Å². The Labute approximate surface area is 97.7 Å². The first-order chi connectivity index (χ1) is 7.46. The average molecular weight is 219 g/mol. The molecule has 16 heavy (non-hydrogen) atoms. The maximum Gasteiger partial charge on any atom is 0.115 e.